The summed E-state index contributed by atoms with van der Waals surface area (Å²) in [4.78, 5) is 35.9. The molecule has 1 aromatic carbocycles. The lowest BCUT2D eigenvalue weighted by atomic mass is 10.2. The highest BCUT2D eigenvalue weighted by molar-refractivity contribution is 8.26. The van der Waals surface area contributed by atoms with E-state index in [9.17, 15) is 19.5 Å². The first-order valence-electron chi connectivity index (χ1n) is 7.73. The third-order valence-electron chi connectivity index (χ3n) is 3.75. The van der Waals surface area contributed by atoms with Crippen LogP contribution in [0.5, 0.6) is 0 Å². The van der Waals surface area contributed by atoms with Gasteiger partial charge in [0, 0.05) is 11.6 Å². The monoisotopic (exact) mass is 403 g/mol. The van der Waals surface area contributed by atoms with Gasteiger partial charge in [-0.3, -0.25) is 14.5 Å². The molecule has 0 bridgehead atoms. The Kier molecular flexibility index (Phi) is 5.43. The fourth-order valence-corrected chi connectivity index (χ4v) is 3.86. The summed E-state index contributed by atoms with van der Waals surface area (Å²) in [5, 5.41) is 18.2. The maximum Gasteiger partial charge on any atom is 0.327 e. The summed E-state index contributed by atoms with van der Waals surface area (Å²) >= 11 is 5.99. The summed E-state index contributed by atoms with van der Waals surface area (Å²) in [6, 6.07) is 11.3. The molecule has 3 rings (SSSR count). The molecular formula is C18H13NO6S2. The van der Waals surface area contributed by atoms with Gasteiger partial charge in [0.15, 0.2) is 0 Å². The number of carboxylic acid groups (broad SMARTS) is 2. The Labute approximate surface area is 163 Å². The Balaban J connectivity index is 1.85. The molecule has 1 unspecified atom stereocenters. The number of thiocarbonyl (C=S) groups is 1. The van der Waals surface area contributed by atoms with Crippen LogP contribution in [0.2, 0.25) is 0 Å². The smallest absolute Gasteiger partial charge is 0.327 e. The maximum atomic E-state index is 12.6. The molecule has 0 saturated carbocycles. The van der Waals surface area contributed by atoms with E-state index in [1.165, 1.54) is 6.08 Å². The van der Waals surface area contributed by atoms with Crippen molar-refractivity contribution in [3.8, 4) is 11.3 Å². The zero-order valence-electron chi connectivity index (χ0n) is 13.7. The Morgan fingerprint density at radius 1 is 1.19 bits per heavy atom. The molecule has 1 fully saturated rings. The molecule has 0 radical (unpaired) electrons. The normalized spacial score (nSPS) is 16.7. The molecular weight excluding hydrogens is 390 g/mol. The number of hydrogen-bond donors (Lipinski definition) is 2. The first-order valence-corrected chi connectivity index (χ1v) is 8.96. The number of aliphatic carboxylic acids is 2. The number of thioether (sulfide) groups is 1. The van der Waals surface area contributed by atoms with Crippen LogP contribution in [-0.2, 0) is 14.4 Å². The average molecular weight is 403 g/mol. The number of benzene rings is 1. The van der Waals surface area contributed by atoms with Gasteiger partial charge < -0.3 is 14.6 Å². The standard InChI is InChI=1S/C18H13NO6S2/c20-15(21)9-12(17(23)24)19-16(22)14(27-18(19)26)8-11-6-7-13(25-11)10-4-2-1-3-5-10/h1-8,12H,9H2,(H,20,21)(H,23,24). The highest BCUT2D eigenvalue weighted by Gasteiger charge is 2.41. The van der Waals surface area contributed by atoms with Crippen LogP contribution in [0.4, 0.5) is 0 Å². The van der Waals surface area contributed by atoms with Crippen LogP contribution >= 0.6 is 24.0 Å². The van der Waals surface area contributed by atoms with E-state index in [-0.39, 0.29) is 9.23 Å². The molecule has 0 spiro atoms. The molecule has 27 heavy (non-hydrogen) atoms. The van der Waals surface area contributed by atoms with E-state index in [1.807, 2.05) is 30.3 Å². The van der Waals surface area contributed by atoms with Crippen LogP contribution < -0.4 is 0 Å². The molecule has 1 aliphatic heterocycles. The maximum absolute atomic E-state index is 12.6. The second-order valence-corrected chi connectivity index (χ2v) is 7.25. The van der Waals surface area contributed by atoms with E-state index in [0.717, 1.165) is 22.2 Å². The lowest BCUT2D eigenvalue weighted by Crippen LogP contribution is -2.45. The summed E-state index contributed by atoms with van der Waals surface area (Å²) < 4.78 is 5.70. The van der Waals surface area contributed by atoms with Crippen LogP contribution in [0.3, 0.4) is 0 Å². The first-order chi connectivity index (χ1) is 12.9. The van der Waals surface area contributed by atoms with Gasteiger partial charge in [0.25, 0.3) is 5.91 Å². The minimum atomic E-state index is -1.56. The molecule has 1 aliphatic rings. The SMILES string of the molecule is O=C(O)CC(C(=O)O)N1C(=O)C(=Cc2ccc(-c3ccccc3)o2)SC1=S. The van der Waals surface area contributed by atoms with E-state index in [1.54, 1.807) is 12.1 Å². The van der Waals surface area contributed by atoms with Crippen molar-refractivity contribution in [3.63, 3.8) is 0 Å². The molecule has 1 saturated heterocycles. The van der Waals surface area contributed by atoms with Crippen LogP contribution in [0.25, 0.3) is 17.4 Å². The molecule has 0 aliphatic carbocycles. The Bertz CT molecular complexity index is 950. The van der Waals surface area contributed by atoms with Crippen LogP contribution in [0.15, 0.2) is 51.8 Å². The van der Waals surface area contributed by atoms with E-state index in [0.29, 0.717) is 11.5 Å². The van der Waals surface area contributed by atoms with Gasteiger partial charge in [-0.25, -0.2) is 4.79 Å². The molecule has 2 aromatic rings. The molecule has 1 amide bonds. The van der Waals surface area contributed by atoms with Crippen LogP contribution in [0.1, 0.15) is 12.2 Å². The first kappa shape index (κ1) is 18.9. The molecule has 9 heteroatoms. The Hall–Kier alpha value is -2.91. The van der Waals surface area contributed by atoms with Gasteiger partial charge in [0.1, 0.15) is 21.9 Å². The number of amides is 1. The van der Waals surface area contributed by atoms with Crippen LogP contribution in [0, 0.1) is 0 Å². The van der Waals surface area contributed by atoms with Gasteiger partial charge in [-0.05, 0) is 12.1 Å². The topological polar surface area (TPSA) is 108 Å². The number of hydrogen-bond acceptors (Lipinski definition) is 6. The Morgan fingerprint density at radius 2 is 1.89 bits per heavy atom. The van der Waals surface area contributed by atoms with E-state index in [4.69, 9.17) is 21.7 Å². The summed E-state index contributed by atoms with van der Waals surface area (Å²) in [5.41, 5.74) is 0.872. The molecule has 7 nitrogen and oxygen atoms in total. The highest BCUT2D eigenvalue weighted by atomic mass is 32.2. The molecule has 2 heterocycles. The third kappa shape index (κ3) is 4.09. The van der Waals surface area contributed by atoms with Crippen molar-refractivity contribution in [2.24, 2.45) is 0 Å². The molecule has 1 atom stereocenters. The largest absolute Gasteiger partial charge is 0.481 e. The quantitative estimate of drug-likeness (QED) is 0.560. The zero-order valence-corrected chi connectivity index (χ0v) is 15.3. The minimum absolute atomic E-state index is 0.00487. The van der Waals surface area contributed by atoms with Crippen LogP contribution in [-0.4, -0.2) is 43.3 Å². The van der Waals surface area contributed by atoms with Crippen molar-refractivity contribution in [2.75, 3.05) is 0 Å². The number of carbonyl (C=O) groups excluding carboxylic acids is 1. The minimum Gasteiger partial charge on any atom is -0.481 e. The van der Waals surface area contributed by atoms with Crippen molar-refractivity contribution < 1.29 is 29.0 Å². The number of carboxylic acids is 2. The van der Waals surface area contributed by atoms with Crippen molar-refractivity contribution in [1.82, 2.24) is 4.90 Å². The predicted molar refractivity (Wildman–Crippen MR) is 103 cm³/mol. The number of furan rings is 1. The van der Waals surface area contributed by atoms with Gasteiger partial charge in [-0.2, -0.15) is 0 Å². The lowest BCUT2D eigenvalue weighted by molar-refractivity contribution is -0.150. The number of carbonyl (C=O) groups is 3. The van der Waals surface area contributed by atoms with Gasteiger partial charge in [-0.15, -0.1) is 0 Å². The summed E-state index contributed by atoms with van der Waals surface area (Å²) in [6.45, 7) is 0. The fourth-order valence-electron chi connectivity index (χ4n) is 2.52. The predicted octanol–water partition coefficient (Wildman–Crippen LogP) is 3.08. The third-order valence-corrected chi connectivity index (χ3v) is 5.08. The van der Waals surface area contributed by atoms with Crippen molar-refractivity contribution in [3.05, 3.63) is 53.1 Å². The average Bonchev–Trinajstić information content (AvgIpc) is 3.19. The van der Waals surface area contributed by atoms with Gasteiger partial charge >= 0.3 is 11.9 Å². The fraction of sp³-hybridized carbons (Fsp3) is 0.111. The van der Waals surface area contributed by atoms with Gasteiger partial charge in [-0.1, -0.05) is 54.3 Å². The van der Waals surface area contributed by atoms with Gasteiger partial charge in [0.05, 0.1) is 11.3 Å². The number of rotatable bonds is 6. The van der Waals surface area contributed by atoms with E-state index < -0.39 is 30.3 Å². The lowest BCUT2D eigenvalue weighted by Gasteiger charge is -2.21. The summed E-state index contributed by atoms with van der Waals surface area (Å²) in [7, 11) is 0. The summed E-state index contributed by atoms with van der Waals surface area (Å²) in [5.74, 6) is -2.40. The second kappa shape index (κ2) is 7.77. The van der Waals surface area contributed by atoms with Crippen molar-refractivity contribution in [1.29, 1.82) is 0 Å². The molecule has 2 N–H and O–H groups in total. The zero-order chi connectivity index (χ0) is 19.6. The highest BCUT2D eigenvalue weighted by Crippen LogP contribution is 2.35. The van der Waals surface area contributed by atoms with Crippen molar-refractivity contribution in [2.45, 2.75) is 12.5 Å². The molecule has 1 aromatic heterocycles. The van der Waals surface area contributed by atoms with Gasteiger partial charge in [0.2, 0.25) is 0 Å². The molecule has 138 valence electrons. The Morgan fingerprint density at radius 3 is 2.52 bits per heavy atom. The van der Waals surface area contributed by atoms with E-state index >= 15 is 0 Å². The summed E-state index contributed by atoms with van der Waals surface area (Å²) in [6.07, 6.45) is 0.722. The van der Waals surface area contributed by atoms with E-state index in [2.05, 4.69) is 0 Å². The second-order valence-electron chi connectivity index (χ2n) is 5.57. The van der Waals surface area contributed by atoms with Crippen molar-refractivity contribution >= 4 is 52.2 Å². The number of nitrogens with zero attached hydrogens (tertiary/aromatic N) is 1.